The van der Waals surface area contributed by atoms with Gasteiger partial charge in [0.2, 0.25) is 10.0 Å². The molecule has 0 saturated heterocycles. The fraction of sp³-hybridized carbons (Fsp3) is 0.188. The molecule has 0 aromatic heterocycles. The van der Waals surface area contributed by atoms with Crippen molar-refractivity contribution in [2.75, 3.05) is 10.6 Å². The lowest BCUT2D eigenvalue weighted by Gasteiger charge is -2.12. The van der Waals surface area contributed by atoms with Crippen LogP contribution >= 0.6 is 12.2 Å². The van der Waals surface area contributed by atoms with Gasteiger partial charge in [0.1, 0.15) is 5.82 Å². The van der Waals surface area contributed by atoms with E-state index < -0.39 is 15.8 Å². The molecule has 2 aromatic rings. The van der Waals surface area contributed by atoms with Crippen LogP contribution in [0.5, 0.6) is 0 Å². The van der Waals surface area contributed by atoms with Crippen LogP contribution in [0.4, 0.5) is 15.8 Å². The molecule has 0 amide bonds. The van der Waals surface area contributed by atoms with E-state index in [0.717, 1.165) is 5.56 Å². The zero-order valence-corrected chi connectivity index (χ0v) is 15.3. The van der Waals surface area contributed by atoms with Gasteiger partial charge in [-0.1, -0.05) is 26.0 Å². The summed E-state index contributed by atoms with van der Waals surface area (Å²) in [6, 6.07) is 10.6. The number of sulfonamides is 1. The third kappa shape index (κ3) is 5.88. The first-order valence-electron chi connectivity index (χ1n) is 7.23. The molecule has 0 fully saturated rings. The van der Waals surface area contributed by atoms with Crippen LogP contribution in [-0.4, -0.2) is 13.5 Å². The zero-order chi connectivity index (χ0) is 18.3. The number of nitrogens with one attached hydrogen (secondary N) is 2. The fourth-order valence-electron chi connectivity index (χ4n) is 1.76. The average Bonchev–Trinajstić information content (AvgIpc) is 2.51. The minimum atomic E-state index is -3.80. The van der Waals surface area contributed by atoms with Crippen LogP contribution in [0.15, 0.2) is 47.4 Å². The van der Waals surface area contributed by atoms with Gasteiger partial charge in [-0.05, 0) is 55.0 Å². The van der Waals surface area contributed by atoms with Crippen LogP contribution < -0.4 is 15.8 Å². The van der Waals surface area contributed by atoms with E-state index >= 15 is 0 Å². The van der Waals surface area contributed by atoms with E-state index in [1.165, 1.54) is 24.3 Å². The van der Waals surface area contributed by atoms with Crippen molar-refractivity contribution in [2.24, 2.45) is 5.14 Å². The highest BCUT2D eigenvalue weighted by atomic mass is 32.2. The Kier molecular flexibility index (Phi) is 7.27. The molecule has 0 unspecified atom stereocenters. The van der Waals surface area contributed by atoms with Crippen LogP contribution in [0, 0.1) is 12.7 Å². The van der Waals surface area contributed by atoms with Crippen molar-refractivity contribution < 1.29 is 12.8 Å². The Labute approximate surface area is 147 Å². The third-order valence-corrected chi connectivity index (χ3v) is 3.91. The Morgan fingerprint density at radius 3 is 2.38 bits per heavy atom. The number of hydrogen-bond donors (Lipinski definition) is 3. The Morgan fingerprint density at radius 1 is 1.12 bits per heavy atom. The van der Waals surface area contributed by atoms with Gasteiger partial charge in [0.25, 0.3) is 0 Å². The first-order chi connectivity index (χ1) is 11.3. The molecule has 2 aromatic carbocycles. The van der Waals surface area contributed by atoms with Crippen LogP contribution in [0.1, 0.15) is 19.4 Å². The van der Waals surface area contributed by atoms with Crippen molar-refractivity contribution in [1.29, 1.82) is 0 Å². The first-order valence-corrected chi connectivity index (χ1v) is 9.18. The molecular formula is C16H20FN3O2S2. The topological polar surface area (TPSA) is 84.2 Å². The molecule has 0 radical (unpaired) electrons. The summed E-state index contributed by atoms with van der Waals surface area (Å²) in [5.74, 6) is -0.428. The maximum absolute atomic E-state index is 13.7. The molecule has 2 rings (SSSR count). The number of rotatable bonds is 3. The minimum absolute atomic E-state index is 0.0400. The molecule has 4 N–H and O–H groups in total. The molecule has 0 heterocycles. The highest BCUT2D eigenvalue weighted by molar-refractivity contribution is 7.89. The van der Waals surface area contributed by atoms with Gasteiger partial charge in [-0.3, -0.25) is 0 Å². The number of aryl methyl sites for hydroxylation is 1. The normalized spacial score (nSPS) is 10.4. The van der Waals surface area contributed by atoms with Crippen LogP contribution in [0.3, 0.4) is 0 Å². The largest absolute Gasteiger partial charge is 0.332 e. The summed E-state index contributed by atoms with van der Waals surface area (Å²) in [4.78, 5) is -0.0400. The van der Waals surface area contributed by atoms with E-state index in [1.54, 1.807) is 25.1 Å². The number of benzene rings is 2. The number of halogens is 1. The van der Waals surface area contributed by atoms with E-state index in [1.807, 2.05) is 13.8 Å². The number of primary sulfonamides is 1. The quantitative estimate of drug-likeness (QED) is 0.720. The lowest BCUT2D eigenvalue weighted by molar-refractivity contribution is 0.598. The molecule has 0 aliphatic rings. The Morgan fingerprint density at radius 2 is 1.79 bits per heavy atom. The molecule has 0 aliphatic carbocycles. The predicted molar refractivity (Wildman–Crippen MR) is 100 cm³/mol. The van der Waals surface area contributed by atoms with E-state index in [2.05, 4.69) is 10.6 Å². The summed E-state index contributed by atoms with van der Waals surface area (Å²) in [5.41, 5.74) is 1.45. The number of nitrogens with two attached hydrogens (primary N) is 1. The van der Waals surface area contributed by atoms with Crippen LogP contribution in [0.2, 0.25) is 0 Å². The maximum atomic E-state index is 13.7. The smallest absolute Gasteiger partial charge is 0.238 e. The van der Waals surface area contributed by atoms with Gasteiger partial charge < -0.3 is 10.6 Å². The highest BCUT2D eigenvalue weighted by Gasteiger charge is 2.09. The second-order valence-electron chi connectivity index (χ2n) is 4.64. The predicted octanol–water partition coefficient (Wildman–Crippen LogP) is 3.62. The van der Waals surface area contributed by atoms with Crippen molar-refractivity contribution in [3.05, 3.63) is 53.8 Å². The van der Waals surface area contributed by atoms with E-state index in [4.69, 9.17) is 17.4 Å². The molecule has 0 atom stereocenters. The summed E-state index contributed by atoms with van der Waals surface area (Å²) in [6.07, 6.45) is 0. The SMILES string of the molecule is CC.Cc1ccc(NC(=S)Nc2cccc(S(N)(=O)=O)c2)c(F)c1. The van der Waals surface area contributed by atoms with Gasteiger partial charge in [-0.25, -0.2) is 17.9 Å². The van der Waals surface area contributed by atoms with Gasteiger partial charge in [0, 0.05) is 5.69 Å². The van der Waals surface area contributed by atoms with Crippen LogP contribution in [-0.2, 0) is 10.0 Å². The van der Waals surface area contributed by atoms with Crippen molar-refractivity contribution >= 4 is 38.7 Å². The van der Waals surface area contributed by atoms with Crippen molar-refractivity contribution in [1.82, 2.24) is 0 Å². The first kappa shape index (κ1) is 20.0. The Balaban J connectivity index is 0.00000139. The monoisotopic (exact) mass is 369 g/mol. The van der Waals surface area contributed by atoms with E-state index in [0.29, 0.717) is 5.69 Å². The lowest BCUT2D eigenvalue weighted by atomic mass is 10.2. The van der Waals surface area contributed by atoms with Gasteiger partial charge >= 0.3 is 0 Å². The molecule has 130 valence electrons. The van der Waals surface area contributed by atoms with Crippen molar-refractivity contribution in [3.63, 3.8) is 0 Å². The zero-order valence-electron chi connectivity index (χ0n) is 13.6. The highest BCUT2D eigenvalue weighted by Crippen LogP contribution is 2.17. The molecule has 0 aliphatic heterocycles. The van der Waals surface area contributed by atoms with Gasteiger partial charge in [-0.15, -0.1) is 0 Å². The number of thiocarbonyl (C=S) groups is 1. The van der Waals surface area contributed by atoms with Gasteiger partial charge in [-0.2, -0.15) is 0 Å². The van der Waals surface area contributed by atoms with E-state index in [9.17, 15) is 12.8 Å². The fourth-order valence-corrected chi connectivity index (χ4v) is 2.54. The summed E-state index contributed by atoms with van der Waals surface area (Å²) in [6.45, 7) is 5.78. The molecular weight excluding hydrogens is 349 g/mol. The second-order valence-corrected chi connectivity index (χ2v) is 6.60. The Hall–Kier alpha value is -2.03. The van der Waals surface area contributed by atoms with Crippen molar-refractivity contribution in [3.8, 4) is 0 Å². The van der Waals surface area contributed by atoms with Gasteiger partial charge in [0.15, 0.2) is 5.11 Å². The maximum Gasteiger partial charge on any atom is 0.238 e. The molecule has 0 spiro atoms. The number of hydrogen-bond acceptors (Lipinski definition) is 3. The van der Waals surface area contributed by atoms with Crippen LogP contribution in [0.25, 0.3) is 0 Å². The molecule has 0 saturated carbocycles. The Bertz CT molecular complexity index is 824. The molecule has 8 heteroatoms. The summed E-state index contributed by atoms with van der Waals surface area (Å²) < 4.78 is 36.3. The summed E-state index contributed by atoms with van der Waals surface area (Å²) >= 11 is 5.08. The second kappa shape index (κ2) is 8.72. The lowest BCUT2D eigenvalue weighted by Crippen LogP contribution is -2.20. The summed E-state index contributed by atoms with van der Waals surface area (Å²) in [5, 5.41) is 10.7. The number of anilines is 2. The molecule has 24 heavy (non-hydrogen) atoms. The minimum Gasteiger partial charge on any atom is -0.332 e. The molecule has 0 bridgehead atoms. The van der Waals surface area contributed by atoms with Gasteiger partial charge in [0.05, 0.1) is 10.6 Å². The van der Waals surface area contributed by atoms with E-state index in [-0.39, 0.29) is 15.7 Å². The van der Waals surface area contributed by atoms with Crippen molar-refractivity contribution in [2.45, 2.75) is 25.7 Å². The standard InChI is InChI=1S/C14H14FN3O2S2.C2H6/c1-9-5-6-13(12(15)7-9)18-14(21)17-10-3-2-4-11(8-10)22(16,19)20;1-2/h2-8H,1H3,(H2,16,19,20)(H2,17,18,21);1-2H3. The third-order valence-electron chi connectivity index (χ3n) is 2.79. The summed E-state index contributed by atoms with van der Waals surface area (Å²) in [7, 11) is -3.80. The average molecular weight is 369 g/mol. The molecule has 5 nitrogen and oxygen atoms in total.